The lowest BCUT2D eigenvalue weighted by atomic mass is 10.1. The van der Waals surface area contributed by atoms with Gasteiger partial charge in [0.25, 0.3) is 5.91 Å². The minimum Gasteiger partial charge on any atom is -0.484 e. The van der Waals surface area contributed by atoms with Crippen LogP contribution in [0.15, 0.2) is 42.5 Å². The van der Waals surface area contributed by atoms with Crippen LogP contribution in [0.2, 0.25) is 15.1 Å². The summed E-state index contributed by atoms with van der Waals surface area (Å²) < 4.78 is 5.62. The van der Waals surface area contributed by atoms with E-state index >= 15 is 0 Å². The van der Waals surface area contributed by atoms with E-state index in [1.807, 2.05) is 0 Å². The minimum absolute atomic E-state index is 0.0978. The molecular weight excluding hydrogens is 459 g/mol. The van der Waals surface area contributed by atoms with Gasteiger partial charge < -0.3 is 15.0 Å². The fourth-order valence-electron chi connectivity index (χ4n) is 3.59. The van der Waals surface area contributed by atoms with Gasteiger partial charge in [0.1, 0.15) is 11.8 Å². The quantitative estimate of drug-likeness (QED) is 0.539. The van der Waals surface area contributed by atoms with Crippen molar-refractivity contribution >= 4 is 46.6 Å². The lowest BCUT2D eigenvalue weighted by Crippen LogP contribution is -2.50. The Morgan fingerprint density at radius 3 is 2.29 bits per heavy atom. The number of amides is 2. The van der Waals surface area contributed by atoms with Crippen LogP contribution in [0.3, 0.4) is 0 Å². The molecule has 0 spiro atoms. The van der Waals surface area contributed by atoms with Crippen LogP contribution in [0.4, 0.5) is 0 Å². The number of rotatable bonds is 8. The molecule has 0 saturated heterocycles. The van der Waals surface area contributed by atoms with E-state index in [0.29, 0.717) is 26.4 Å². The Kier molecular flexibility index (Phi) is 8.47. The summed E-state index contributed by atoms with van der Waals surface area (Å²) in [5.74, 6) is -0.0357. The molecule has 2 aromatic rings. The predicted molar refractivity (Wildman–Crippen MR) is 124 cm³/mol. The molecule has 1 saturated carbocycles. The van der Waals surface area contributed by atoms with Gasteiger partial charge in [-0.1, -0.05) is 53.7 Å². The highest BCUT2D eigenvalue weighted by Crippen LogP contribution is 2.27. The van der Waals surface area contributed by atoms with E-state index in [9.17, 15) is 9.59 Å². The van der Waals surface area contributed by atoms with Gasteiger partial charge >= 0.3 is 0 Å². The Morgan fingerprint density at radius 2 is 1.68 bits per heavy atom. The highest BCUT2D eigenvalue weighted by Gasteiger charge is 2.29. The lowest BCUT2D eigenvalue weighted by molar-refractivity contribution is -0.142. The molecule has 8 heteroatoms. The number of halogens is 3. The van der Waals surface area contributed by atoms with Crippen molar-refractivity contribution < 1.29 is 14.3 Å². The summed E-state index contributed by atoms with van der Waals surface area (Å²) in [6.07, 6.45) is 4.13. The van der Waals surface area contributed by atoms with Crippen LogP contribution in [0.5, 0.6) is 5.75 Å². The maximum Gasteiger partial charge on any atom is 0.261 e. The van der Waals surface area contributed by atoms with Crippen molar-refractivity contribution in [3.05, 3.63) is 63.1 Å². The van der Waals surface area contributed by atoms with Gasteiger partial charge in [-0.25, -0.2) is 0 Å². The second-order valence-corrected chi connectivity index (χ2v) is 8.88. The van der Waals surface area contributed by atoms with Crippen molar-refractivity contribution in [1.29, 1.82) is 0 Å². The van der Waals surface area contributed by atoms with E-state index in [1.54, 1.807) is 49.4 Å². The van der Waals surface area contributed by atoms with Crippen molar-refractivity contribution in [2.24, 2.45) is 0 Å². The fraction of sp³-hybridized carbons (Fsp3) is 0.391. The summed E-state index contributed by atoms with van der Waals surface area (Å²) in [6, 6.07) is 11.3. The van der Waals surface area contributed by atoms with E-state index in [1.165, 1.54) is 4.90 Å². The first-order valence-corrected chi connectivity index (χ1v) is 11.4. The molecule has 0 aromatic heterocycles. The van der Waals surface area contributed by atoms with Crippen molar-refractivity contribution in [2.75, 3.05) is 6.61 Å². The molecule has 0 aliphatic heterocycles. The molecule has 1 fully saturated rings. The summed E-state index contributed by atoms with van der Waals surface area (Å²) in [6.45, 7) is 1.57. The Morgan fingerprint density at radius 1 is 1.06 bits per heavy atom. The lowest BCUT2D eigenvalue weighted by Gasteiger charge is -2.30. The number of nitrogens with zero attached hydrogens (tertiary/aromatic N) is 1. The summed E-state index contributed by atoms with van der Waals surface area (Å²) in [7, 11) is 0. The number of hydrogen-bond acceptors (Lipinski definition) is 3. The zero-order valence-corrected chi connectivity index (χ0v) is 19.5. The molecule has 31 heavy (non-hydrogen) atoms. The first kappa shape index (κ1) is 23.7. The Bertz CT molecular complexity index is 895. The normalized spacial score (nSPS) is 14.8. The monoisotopic (exact) mass is 482 g/mol. The first-order valence-electron chi connectivity index (χ1n) is 10.3. The van der Waals surface area contributed by atoms with Crippen LogP contribution < -0.4 is 10.1 Å². The van der Waals surface area contributed by atoms with Crippen LogP contribution >= 0.6 is 34.8 Å². The van der Waals surface area contributed by atoms with E-state index in [0.717, 1.165) is 25.7 Å². The van der Waals surface area contributed by atoms with Gasteiger partial charge in [-0.2, -0.15) is 0 Å². The SMILES string of the molecule is C[C@H](C(=O)NC1CCCC1)N(Cc1c(Cl)cccc1Cl)C(=O)COc1ccc(Cl)cc1. The summed E-state index contributed by atoms with van der Waals surface area (Å²) >= 11 is 18.5. The average molecular weight is 484 g/mol. The Balaban J connectivity index is 1.75. The van der Waals surface area contributed by atoms with Gasteiger partial charge in [0.05, 0.1) is 0 Å². The second kappa shape index (κ2) is 11.1. The highest BCUT2D eigenvalue weighted by atomic mass is 35.5. The predicted octanol–water partition coefficient (Wildman–Crippen LogP) is 5.50. The molecule has 2 amide bonds. The second-order valence-electron chi connectivity index (χ2n) is 7.63. The van der Waals surface area contributed by atoms with Crippen molar-refractivity contribution in [3.63, 3.8) is 0 Å². The van der Waals surface area contributed by atoms with Gasteiger partial charge in [0.2, 0.25) is 5.91 Å². The van der Waals surface area contributed by atoms with E-state index in [-0.39, 0.29) is 31.0 Å². The molecular formula is C23H25Cl3N2O3. The summed E-state index contributed by atoms with van der Waals surface area (Å²) in [5.41, 5.74) is 0.589. The molecule has 1 atom stereocenters. The zero-order valence-electron chi connectivity index (χ0n) is 17.2. The average Bonchev–Trinajstić information content (AvgIpc) is 3.25. The third-order valence-corrected chi connectivity index (χ3v) is 6.40. The van der Waals surface area contributed by atoms with Crippen molar-refractivity contribution in [2.45, 2.75) is 51.2 Å². The molecule has 2 aromatic carbocycles. The Labute approximate surface area is 197 Å². The summed E-state index contributed by atoms with van der Waals surface area (Å²) in [4.78, 5) is 27.4. The molecule has 0 heterocycles. The van der Waals surface area contributed by atoms with Crippen molar-refractivity contribution in [1.82, 2.24) is 10.2 Å². The largest absolute Gasteiger partial charge is 0.484 e. The van der Waals surface area contributed by atoms with Gasteiger partial charge in [0, 0.05) is 33.2 Å². The highest BCUT2D eigenvalue weighted by molar-refractivity contribution is 6.36. The molecule has 1 N–H and O–H groups in total. The third kappa shape index (κ3) is 6.52. The number of carbonyl (C=O) groups excluding carboxylic acids is 2. The van der Waals surface area contributed by atoms with Crippen LogP contribution in [-0.4, -0.2) is 35.4 Å². The van der Waals surface area contributed by atoms with Gasteiger partial charge in [-0.3, -0.25) is 9.59 Å². The maximum absolute atomic E-state index is 13.1. The Hall–Kier alpha value is -1.95. The molecule has 0 bridgehead atoms. The topological polar surface area (TPSA) is 58.6 Å². The van der Waals surface area contributed by atoms with Gasteiger partial charge in [0.15, 0.2) is 6.61 Å². The molecule has 166 valence electrons. The van der Waals surface area contributed by atoms with E-state index in [4.69, 9.17) is 39.5 Å². The number of carbonyl (C=O) groups is 2. The third-order valence-electron chi connectivity index (χ3n) is 5.43. The molecule has 3 rings (SSSR count). The van der Waals surface area contributed by atoms with Gasteiger partial charge in [-0.05, 0) is 56.2 Å². The first-order chi connectivity index (χ1) is 14.8. The summed E-state index contributed by atoms with van der Waals surface area (Å²) in [5, 5.41) is 4.50. The molecule has 1 aliphatic rings. The van der Waals surface area contributed by atoms with Crippen molar-refractivity contribution in [3.8, 4) is 5.75 Å². The van der Waals surface area contributed by atoms with E-state index in [2.05, 4.69) is 5.32 Å². The number of ether oxygens (including phenoxy) is 1. The van der Waals surface area contributed by atoms with Gasteiger partial charge in [-0.15, -0.1) is 0 Å². The van der Waals surface area contributed by atoms with Crippen LogP contribution in [0.25, 0.3) is 0 Å². The van der Waals surface area contributed by atoms with Crippen LogP contribution in [-0.2, 0) is 16.1 Å². The molecule has 5 nitrogen and oxygen atoms in total. The van der Waals surface area contributed by atoms with Crippen LogP contribution in [0, 0.1) is 0 Å². The zero-order chi connectivity index (χ0) is 22.4. The number of hydrogen-bond donors (Lipinski definition) is 1. The molecule has 0 radical (unpaired) electrons. The molecule has 0 unspecified atom stereocenters. The number of nitrogens with one attached hydrogen (secondary N) is 1. The fourth-order valence-corrected chi connectivity index (χ4v) is 4.23. The molecule has 1 aliphatic carbocycles. The van der Waals surface area contributed by atoms with E-state index < -0.39 is 6.04 Å². The minimum atomic E-state index is -0.714. The standard InChI is InChI=1S/C23H25Cl3N2O3/c1-15(23(30)27-17-5-2-3-6-17)28(13-19-20(25)7-4-8-21(19)26)22(29)14-31-18-11-9-16(24)10-12-18/h4,7-12,15,17H,2-3,5-6,13-14H2,1H3,(H,27,30)/t15-/m1/s1. The van der Waals surface area contributed by atoms with Crippen LogP contribution in [0.1, 0.15) is 38.2 Å². The number of benzene rings is 2. The smallest absolute Gasteiger partial charge is 0.261 e. The maximum atomic E-state index is 13.1.